The van der Waals surface area contributed by atoms with E-state index in [1.54, 1.807) is 36.1 Å². The van der Waals surface area contributed by atoms with Crippen molar-refractivity contribution in [1.82, 2.24) is 15.4 Å². The molecule has 0 bridgehead atoms. The third-order valence-electron chi connectivity index (χ3n) is 6.95. The molecule has 2 N–H and O–H groups in total. The first-order valence-corrected chi connectivity index (χ1v) is 13.7. The number of halogens is 1. The van der Waals surface area contributed by atoms with Gasteiger partial charge in [-0.15, -0.1) is 0 Å². The fraction of sp³-hybridized carbons (Fsp3) is 0.517. The van der Waals surface area contributed by atoms with Gasteiger partial charge in [0.25, 0.3) is 0 Å². The first kappa shape index (κ1) is 29.4. The summed E-state index contributed by atoms with van der Waals surface area (Å²) < 4.78 is 4.98. The highest BCUT2D eigenvalue weighted by Gasteiger charge is 2.35. The first-order valence-electron chi connectivity index (χ1n) is 13.4. The van der Waals surface area contributed by atoms with Crippen molar-refractivity contribution in [2.24, 2.45) is 0 Å². The third kappa shape index (κ3) is 8.45. The molecule has 0 aliphatic heterocycles. The average Bonchev–Trinajstić information content (AvgIpc) is 3.30. The summed E-state index contributed by atoms with van der Waals surface area (Å²) in [4.78, 5) is 41.6. The van der Waals surface area contributed by atoms with Gasteiger partial charge in [0, 0.05) is 41.6 Å². The van der Waals surface area contributed by atoms with E-state index in [4.69, 9.17) is 16.1 Å². The van der Waals surface area contributed by atoms with E-state index in [1.165, 1.54) is 12.0 Å². The molecule has 9 heteroatoms. The number of benzene rings is 1. The van der Waals surface area contributed by atoms with E-state index in [2.05, 4.69) is 21.9 Å². The van der Waals surface area contributed by atoms with Gasteiger partial charge in [0.2, 0.25) is 17.7 Å². The normalized spacial score (nSPS) is 14.4. The summed E-state index contributed by atoms with van der Waals surface area (Å²) in [5, 5.41) is 9.93. The van der Waals surface area contributed by atoms with Crippen molar-refractivity contribution in [1.29, 1.82) is 0 Å². The number of nitrogens with zero attached hydrogens (tertiary/aromatic N) is 2. The molecule has 0 saturated carbocycles. The molecule has 1 atom stereocenters. The number of rotatable bonds is 12. The van der Waals surface area contributed by atoms with Crippen molar-refractivity contribution >= 4 is 35.1 Å². The van der Waals surface area contributed by atoms with E-state index >= 15 is 0 Å². The van der Waals surface area contributed by atoms with Gasteiger partial charge < -0.3 is 20.1 Å². The minimum atomic E-state index is -0.924. The number of carbonyl (C=O) groups excluding carboxylic acids is 3. The second-order valence-corrected chi connectivity index (χ2v) is 10.9. The van der Waals surface area contributed by atoms with Crippen molar-refractivity contribution in [3.63, 3.8) is 0 Å². The smallest absolute Gasteiger partial charge is 0.247 e. The highest BCUT2D eigenvalue weighted by Crippen LogP contribution is 2.31. The molecule has 1 aliphatic carbocycles. The zero-order chi connectivity index (χ0) is 27.7. The van der Waals surface area contributed by atoms with Gasteiger partial charge in [-0.2, -0.15) is 0 Å². The Morgan fingerprint density at radius 3 is 2.58 bits per heavy atom. The Morgan fingerprint density at radius 1 is 1.18 bits per heavy atom. The number of allylic oxidation sites excluding steroid dienone is 1. The minimum absolute atomic E-state index is 0.0543. The van der Waals surface area contributed by atoms with E-state index in [1.807, 2.05) is 26.8 Å². The zero-order valence-corrected chi connectivity index (χ0v) is 23.6. The van der Waals surface area contributed by atoms with Crippen LogP contribution >= 0.6 is 11.6 Å². The number of aryl methyl sites for hydroxylation is 1. The predicted molar refractivity (Wildman–Crippen MR) is 149 cm³/mol. The quantitative estimate of drug-likeness (QED) is 0.314. The Bertz CT molecular complexity index is 1160. The summed E-state index contributed by atoms with van der Waals surface area (Å²) >= 11 is 6.58. The number of amides is 3. The summed E-state index contributed by atoms with van der Waals surface area (Å²) in [5.41, 5.74) is 1.39. The van der Waals surface area contributed by atoms with Crippen LogP contribution in [0.25, 0.3) is 0 Å². The molecule has 8 nitrogen and oxygen atoms in total. The predicted octanol–water partition coefficient (Wildman–Crippen LogP) is 6.12. The molecule has 206 valence electrons. The molecule has 2 aromatic rings. The largest absolute Gasteiger partial charge is 0.360 e. The lowest BCUT2D eigenvalue weighted by atomic mass is 9.95. The van der Waals surface area contributed by atoms with Crippen molar-refractivity contribution in [2.45, 2.75) is 90.6 Å². The summed E-state index contributed by atoms with van der Waals surface area (Å²) in [6.45, 7) is 7.97. The maximum atomic E-state index is 13.8. The van der Waals surface area contributed by atoms with Gasteiger partial charge in [-0.3, -0.25) is 14.4 Å². The second kappa shape index (κ2) is 13.6. The Morgan fingerprint density at radius 2 is 1.95 bits per heavy atom. The molecule has 3 rings (SSSR count). The van der Waals surface area contributed by atoms with Crippen LogP contribution in [0.1, 0.15) is 89.5 Å². The van der Waals surface area contributed by atoms with Gasteiger partial charge in [0.05, 0.1) is 0 Å². The monoisotopic (exact) mass is 542 g/mol. The topological polar surface area (TPSA) is 105 Å². The van der Waals surface area contributed by atoms with Crippen LogP contribution in [0.4, 0.5) is 5.82 Å². The molecule has 0 fully saturated rings. The van der Waals surface area contributed by atoms with Gasteiger partial charge in [-0.05, 0) is 65.4 Å². The maximum absolute atomic E-state index is 13.8. The Kier molecular flexibility index (Phi) is 10.5. The zero-order valence-electron chi connectivity index (χ0n) is 22.8. The average molecular weight is 543 g/mol. The highest BCUT2D eigenvalue weighted by atomic mass is 35.5. The van der Waals surface area contributed by atoms with Crippen LogP contribution in [-0.4, -0.2) is 39.9 Å². The molecule has 1 aliphatic rings. The Hall–Kier alpha value is -3.13. The molecule has 1 aromatic heterocycles. The molecule has 0 saturated heterocycles. The van der Waals surface area contributed by atoms with Crippen LogP contribution in [-0.2, 0) is 14.4 Å². The second-order valence-electron chi connectivity index (χ2n) is 10.5. The van der Waals surface area contributed by atoms with Crippen LogP contribution in [0.15, 0.2) is 46.5 Å². The molecular weight excluding hydrogens is 504 g/mol. The summed E-state index contributed by atoms with van der Waals surface area (Å²) in [6.07, 6.45) is 7.83. The Labute approximate surface area is 230 Å². The minimum Gasteiger partial charge on any atom is -0.360 e. The summed E-state index contributed by atoms with van der Waals surface area (Å²) in [5.74, 6) is -0.0625. The number of hydrogen-bond acceptors (Lipinski definition) is 5. The number of nitrogens with one attached hydrogen (secondary N) is 2. The van der Waals surface area contributed by atoms with Gasteiger partial charge in [0.15, 0.2) is 5.82 Å². The molecule has 38 heavy (non-hydrogen) atoms. The summed E-state index contributed by atoms with van der Waals surface area (Å²) in [6, 6.07) is 7.80. The van der Waals surface area contributed by atoms with E-state index in [0.717, 1.165) is 25.7 Å². The standard InChI is InChI=1S/C29H39ClN4O4/c1-5-29(3,4)32-28(37)27(22-13-9-10-14-23(22)30)34(18-17-21-11-7-6-8-12-21)26(36)16-15-25(35)31-24-19-20(2)38-33-24/h9-11,13-14,19,27H,5-8,12,15-18H2,1-4H3,(H,32,37)(H,31,33,35)/t27-/m0/s1. The van der Waals surface area contributed by atoms with Crippen LogP contribution in [0.3, 0.4) is 0 Å². The fourth-order valence-electron chi connectivity index (χ4n) is 4.43. The molecule has 3 amide bonds. The van der Waals surface area contributed by atoms with E-state index < -0.39 is 11.6 Å². The molecule has 0 spiro atoms. The van der Waals surface area contributed by atoms with E-state index in [9.17, 15) is 14.4 Å². The SMILES string of the molecule is CCC(C)(C)NC(=O)[C@H](c1ccccc1Cl)N(CCC1=CCCCC1)C(=O)CCC(=O)Nc1cc(C)on1. The number of anilines is 1. The van der Waals surface area contributed by atoms with Gasteiger partial charge in [-0.25, -0.2) is 0 Å². The van der Waals surface area contributed by atoms with Crippen molar-refractivity contribution in [3.8, 4) is 0 Å². The molecule has 0 radical (unpaired) electrons. The van der Waals surface area contributed by atoms with Gasteiger partial charge in [-0.1, -0.05) is 53.5 Å². The molecular formula is C29H39ClN4O4. The molecule has 0 unspecified atom stereocenters. The maximum Gasteiger partial charge on any atom is 0.247 e. The van der Waals surface area contributed by atoms with Crippen molar-refractivity contribution < 1.29 is 18.9 Å². The van der Waals surface area contributed by atoms with Crippen molar-refractivity contribution in [2.75, 3.05) is 11.9 Å². The van der Waals surface area contributed by atoms with E-state index in [-0.39, 0.29) is 30.6 Å². The lowest BCUT2D eigenvalue weighted by molar-refractivity contribution is -0.142. The van der Waals surface area contributed by atoms with Crippen LogP contribution in [0, 0.1) is 6.92 Å². The highest BCUT2D eigenvalue weighted by molar-refractivity contribution is 6.31. The Balaban J connectivity index is 1.86. The van der Waals surface area contributed by atoms with Crippen LogP contribution in [0.2, 0.25) is 5.02 Å². The molecule has 1 heterocycles. The van der Waals surface area contributed by atoms with Crippen LogP contribution < -0.4 is 10.6 Å². The molecule has 1 aromatic carbocycles. The van der Waals surface area contributed by atoms with E-state index in [0.29, 0.717) is 35.1 Å². The third-order valence-corrected chi connectivity index (χ3v) is 7.29. The van der Waals surface area contributed by atoms with Gasteiger partial charge >= 0.3 is 0 Å². The lowest BCUT2D eigenvalue weighted by Crippen LogP contribution is -2.50. The van der Waals surface area contributed by atoms with Crippen molar-refractivity contribution in [3.05, 3.63) is 58.3 Å². The summed E-state index contributed by atoms with van der Waals surface area (Å²) in [7, 11) is 0. The number of hydrogen-bond donors (Lipinski definition) is 2. The van der Waals surface area contributed by atoms with Crippen LogP contribution in [0.5, 0.6) is 0 Å². The number of carbonyl (C=O) groups is 3. The lowest BCUT2D eigenvalue weighted by Gasteiger charge is -2.35. The number of aromatic nitrogens is 1. The fourth-order valence-corrected chi connectivity index (χ4v) is 4.67. The first-order chi connectivity index (χ1) is 18.1. The van der Waals surface area contributed by atoms with Gasteiger partial charge in [0.1, 0.15) is 11.8 Å².